The molecular weight excluding hydrogens is 303 g/mol. The normalized spacial score (nSPS) is 11.2. The zero-order chi connectivity index (χ0) is 16.9. The largest absolute Gasteiger partial charge is 0.444 e. The minimum atomic E-state index is -3.09. The maximum atomic E-state index is 13.7. The highest BCUT2D eigenvalue weighted by molar-refractivity contribution is 5.99. The van der Waals surface area contributed by atoms with Gasteiger partial charge in [0, 0.05) is 6.07 Å². The summed E-state index contributed by atoms with van der Waals surface area (Å²) >= 11 is 0. The molecule has 0 saturated heterocycles. The van der Waals surface area contributed by atoms with Gasteiger partial charge in [0.15, 0.2) is 5.78 Å². The molecule has 0 atom stereocenters. The van der Waals surface area contributed by atoms with E-state index < -0.39 is 42.2 Å². The van der Waals surface area contributed by atoms with Gasteiger partial charge in [0.25, 0.3) is 0 Å². The zero-order valence-corrected chi connectivity index (χ0v) is 12.3. The second-order valence-corrected chi connectivity index (χ2v) is 5.30. The summed E-state index contributed by atoms with van der Waals surface area (Å²) in [6.07, 6.45) is -0.820. The lowest BCUT2D eigenvalue weighted by molar-refractivity contribution is -0.0500. The number of alkyl carbamates (subject to hydrolysis) is 1. The highest BCUT2D eigenvalue weighted by Gasteiger charge is 2.18. The van der Waals surface area contributed by atoms with Crippen LogP contribution in [-0.4, -0.2) is 30.6 Å². The number of halogens is 3. The smallest absolute Gasteiger partial charge is 0.408 e. The van der Waals surface area contributed by atoms with Crippen molar-refractivity contribution in [1.82, 2.24) is 5.32 Å². The molecule has 0 fully saturated rings. The maximum absolute atomic E-state index is 13.7. The molecule has 0 bridgehead atoms. The number of ketones is 1. The van der Waals surface area contributed by atoms with Gasteiger partial charge in [-0.15, -0.1) is 0 Å². The SMILES string of the molecule is CC(C)(C)OC(=O)NCC(=O)c1ccc(OC(F)F)cc1F. The first-order valence-corrected chi connectivity index (χ1v) is 6.33. The molecule has 5 nitrogen and oxygen atoms in total. The third kappa shape index (κ3) is 6.02. The third-order valence-electron chi connectivity index (χ3n) is 2.26. The van der Waals surface area contributed by atoms with Crippen molar-refractivity contribution in [2.75, 3.05) is 6.54 Å². The van der Waals surface area contributed by atoms with Gasteiger partial charge in [0.05, 0.1) is 12.1 Å². The van der Waals surface area contributed by atoms with E-state index in [4.69, 9.17) is 4.74 Å². The molecule has 1 rings (SSSR count). The molecule has 1 aromatic rings. The quantitative estimate of drug-likeness (QED) is 0.847. The van der Waals surface area contributed by atoms with Crippen LogP contribution in [0, 0.1) is 5.82 Å². The fraction of sp³-hybridized carbons (Fsp3) is 0.429. The van der Waals surface area contributed by atoms with Crippen LogP contribution in [0.15, 0.2) is 18.2 Å². The molecule has 0 saturated carbocycles. The lowest BCUT2D eigenvalue weighted by atomic mass is 10.1. The van der Waals surface area contributed by atoms with Gasteiger partial charge in [0.1, 0.15) is 17.2 Å². The highest BCUT2D eigenvalue weighted by atomic mass is 19.3. The summed E-state index contributed by atoms with van der Waals surface area (Å²) in [5.41, 5.74) is -1.08. The van der Waals surface area contributed by atoms with E-state index in [1.807, 2.05) is 0 Å². The molecular formula is C14H16F3NO4. The topological polar surface area (TPSA) is 64.6 Å². The van der Waals surface area contributed by atoms with Crippen LogP contribution >= 0.6 is 0 Å². The van der Waals surface area contributed by atoms with E-state index in [0.29, 0.717) is 6.07 Å². The summed E-state index contributed by atoms with van der Waals surface area (Å²) < 4.78 is 46.5. The van der Waals surface area contributed by atoms with Crippen LogP contribution in [0.25, 0.3) is 0 Å². The molecule has 0 unspecified atom stereocenters. The van der Waals surface area contributed by atoms with Crippen LogP contribution in [0.5, 0.6) is 5.75 Å². The van der Waals surface area contributed by atoms with Crippen LogP contribution in [0.1, 0.15) is 31.1 Å². The number of carbonyl (C=O) groups is 2. The molecule has 0 aliphatic carbocycles. The van der Waals surface area contributed by atoms with Gasteiger partial charge in [0.2, 0.25) is 0 Å². The minimum absolute atomic E-state index is 0.349. The summed E-state index contributed by atoms with van der Waals surface area (Å²) in [4.78, 5) is 23.1. The minimum Gasteiger partial charge on any atom is -0.444 e. The molecule has 1 aromatic carbocycles. The summed E-state index contributed by atoms with van der Waals surface area (Å²) in [7, 11) is 0. The highest BCUT2D eigenvalue weighted by Crippen LogP contribution is 2.19. The molecule has 122 valence electrons. The van der Waals surface area contributed by atoms with E-state index in [2.05, 4.69) is 10.1 Å². The van der Waals surface area contributed by atoms with Crippen LogP contribution in [0.4, 0.5) is 18.0 Å². The molecule has 0 aromatic heterocycles. The molecule has 0 radical (unpaired) electrons. The zero-order valence-electron chi connectivity index (χ0n) is 12.3. The van der Waals surface area contributed by atoms with Crippen LogP contribution in [-0.2, 0) is 4.74 Å². The van der Waals surface area contributed by atoms with Crippen molar-refractivity contribution in [3.8, 4) is 5.75 Å². The number of hydrogen-bond acceptors (Lipinski definition) is 4. The lowest BCUT2D eigenvalue weighted by Crippen LogP contribution is -2.35. The Kier molecular flexibility index (Phi) is 5.78. The van der Waals surface area contributed by atoms with Gasteiger partial charge in [-0.2, -0.15) is 8.78 Å². The Hall–Kier alpha value is -2.25. The first-order chi connectivity index (χ1) is 10.1. The number of carbonyl (C=O) groups excluding carboxylic acids is 2. The van der Waals surface area contributed by atoms with Gasteiger partial charge in [-0.1, -0.05) is 0 Å². The molecule has 0 aliphatic heterocycles. The first-order valence-electron chi connectivity index (χ1n) is 6.33. The lowest BCUT2D eigenvalue weighted by Gasteiger charge is -2.19. The van der Waals surface area contributed by atoms with E-state index in [0.717, 1.165) is 12.1 Å². The number of rotatable bonds is 5. The van der Waals surface area contributed by atoms with Crippen LogP contribution < -0.4 is 10.1 Å². The average Bonchev–Trinajstić information content (AvgIpc) is 2.33. The monoisotopic (exact) mass is 319 g/mol. The van der Waals surface area contributed by atoms with E-state index in [1.54, 1.807) is 20.8 Å². The predicted octanol–water partition coefficient (Wildman–Crippen LogP) is 3.13. The van der Waals surface area contributed by atoms with Crippen LogP contribution in [0.3, 0.4) is 0 Å². The van der Waals surface area contributed by atoms with Crippen LogP contribution in [0.2, 0.25) is 0 Å². The predicted molar refractivity (Wildman–Crippen MR) is 71.6 cm³/mol. The summed E-state index contributed by atoms with van der Waals surface area (Å²) in [5.74, 6) is -2.15. The summed E-state index contributed by atoms with van der Waals surface area (Å²) in [6.45, 7) is 1.37. The Bertz CT molecular complexity index is 556. The molecule has 0 aliphatic rings. The van der Waals surface area contributed by atoms with E-state index in [9.17, 15) is 22.8 Å². The Balaban J connectivity index is 2.64. The van der Waals surface area contributed by atoms with Gasteiger partial charge in [-0.3, -0.25) is 4.79 Å². The van der Waals surface area contributed by atoms with E-state index in [1.165, 1.54) is 0 Å². The number of Topliss-reactive ketones (excluding diaryl/α,β-unsaturated/α-hetero) is 1. The number of hydrogen-bond donors (Lipinski definition) is 1. The number of ether oxygens (including phenoxy) is 2. The van der Waals surface area contributed by atoms with Crippen molar-refractivity contribution < 1.29 is 32.2 Å². The number of benzene rings is 1. The number of amides is 1. The van der Waals surface area contributed by atoms with Gasteiger partial charge in [-0.05, 0) is 32.9 Å². The van der Waals surface area contributed by atoms with E-state index >= 15 is 0 Å². The van der Waals surface area contributed by atoms with Gasteiger partial charge >= 0.3 is 12.7 Å². The standard InChI is InChI=1S/C14H16F3NO4/c1-14(2,3)22-13(20)18-7-11(19)9-5-4-8(6-10(9)15)21-12(16)17/h4-6,12H,7H2,1-3H3,(H,18,20). The Morgan fingerprint density at radius 3 is 2.41 bits per heavy atom. The van der Waals surface area contributed by atoms with Gasteiger partial charge < -0.3 is 14.8 Å². The van der Waals surface area contributed by atoms with Crippen molar-refractivity contribution in [3.63, 3.8) is 0 Å². The number of nitrogens with one attached hydrogen (secondary N) is 1. The van der Waals surface area contributed by atoms with Crippen molar-refractivity contribution >= 4 is 11.9 Å². The third-order valence-corrected chi connectivity index (χ3v) is 2.26. The molecule has 8 heteroatoms. The first kappa shape index (κ1) is 17.8. The fourth-order valence-corrected chi connectivity index (χ4v) is 1.46. The second kappa shape index (κ2) is 7.15. The Labute approximate surface area is 125 Å². The molecule has 1 N–H and O–H groups in total. The molecule has 0 heterocycles. The Morgan fingerprint density at radius 1 is 1.27 bits per heavy atom. The summed E-state index contributed by atoms with van der Waals surface area (Å²) in [6, 6.07) is 2.72. The summed E-state index contributed by atoms with van der Waals surface area (Å²) in [5, 5.41) is 2.18. The van der Waals surface area contributed by atoms with Crippen molar-refractivity contribution in [3.05, 3.63) is 29.6 Å². The van der Waals surface area contributed by atoms with Crippen molar-refractivity contribution in [2.45, 2.75) is 33.0 Å². The fourth-order valence-electron chi connectivity index (χ4n) is 1.46. The van der Waals surface area contributed by atoms with Crippen molar-refractivity contribution in [2.24, 2.45) is 0 Å². The number of alkyl halides is 2. The maximum Gasteiger partial charge on any atom is 0.408 e. The van der Waals surface area contributed by atoms with E-state index in [-0.39, 0.29) is 5.56 Å². The second-order valence-electron chi connectivity index (χ2n) is 5.30. The van der Waals surface area contributed by atoms with Gasteiger partial charge in [-0.25, -0.2) is 9.18 Å². The average molecular weight is 319 g/mol. The Morgan fingerprint density at radius 2 is 1.91 bits per heavy atom. The molecule has 0 spiro atoms. The molecule has 1 amide bonds. The van der Waals surface area contributed by atoms with Crippen molar-refractivity contribution in [1.29, 1.82) is 0 Å². The molecule has 22 heavy (non-hydrogen) atoms.